The fraction of sp³-hybridized carbons (Fsp3) is 0.846. The van der Waals surface area contributed by atoms with E-state index in [0.717, 1.165) is 61.7 Å². The molecule has 0 aromatic carbocycles. The van der Waals surface area contributed by atoms with Gasteiger partial charge >= 0.3 is 0 Å². The lowest BCUT2D eigenvalue weighted by Crippen LogP contribution is -2.27. The largest absolute Gasteiger partial charge is 0.368 e. The molecule has 1 N–H and O–H groups in total. The zero-order valence-electron chi connectivity index (χ0n) is 11.1. The maximum atomic E-state index is 5.66. The number of hydrogen-bond donors (Lipinski definition) is 1. The maximum Gasteiger partial charge on any atom is 0.226 e. The molecule has 3 heterocycles. The van der Waals surface area contributed by atoms with Gasteiger partial charge in [0, 0.05) is 17.9 Å². The molecule has 2 aliphatic rings. The molecule has 1 unspecified atom stereocenters. The van der Waals surface area contributed by atoms with Crippen molar-refractivity contribution in [2.75, 3.05) is 31.2 Å². The van der Waals surface area contributed by atoms with E-state index < -0.39 is 0 Å². The Hall–Kier alpha value is -0.590. The van der Waals surface area contributed by atoms with E-state index in [0.29, 0.717) is 0 Å². The van der Waals surface area contributed by atoms with E-state index in [1.54, 1.807) is 0 Å². The molecule has 6 heteroatoms. The lowest BCUT2D eigenvalue weighted by Gasteiger charge is -2.21. The number of thioether (sulfide) groups is 1. The summed E-state index contributed by atoms with van der Waals surface area (Å²) in [7, 11) is 0. The van der Waals surface area contributed by atoms with Gasteiger partial charge in [-0.2, -0.15) is 16.7 Å². The van der Waals surface area contributed by atoms with Gasteiger partial charge in [0.2, 0.25) is 11.7 Å². The third kappa shape index (κ3) is 3.70. The first kappa shape index (κ1) is 13.4. The molecule has 5 nitrogen and oxygen atoms in total. The molecule has 0 amide bonds. The zero-order chi connectivity index (χ0) is 12.9. The van der Waals surface area contributed by atoms with Crippen molar-refractivity contribution in [1.29, 1.82) is 0 Å². The Bertz CT molecular complexity index is 387. The number of aromatic nitrogens is 2. The van der Waals surface area contributed by atoms with Crippen molar-refractivity contribution in [3.8, 4) is 0 Å². The molecule has 3 rings (SSSR count). The number of rotatable bonds is 4. The van der Waals surface area contributed by atoms with Crippen LogP contribution in [0.15, 0.2) is 4.52 Å². The topological polar surface area (TPSA) is 60.2 Å². The van der Waals surface area contributed by atoms with Crippen LogP contribution in [0.5, 0.6) is 0 Å². The smallest absolute Gasteiger partial charge is 0.226 e. The number of piperidine rings is 1. The first-order valence-corrected chi connectivity index (χ1v) is 8.30. The van der Waals surface area contributed by atoms with Crippen molar-refractivity contribution in [3.63, 3.8) is 0 Å². The van der Waals surface area contributed by atoms with Crippen LogP contribution in [0.25, 0.3) is 0 Å². The Balaban J connectivity index is 1.49. The van der Waals surface area contributed by atoms with Gasteiger partial charge in [-0.15, -0.1) is 0 Å². The van der Waals surface area contributed by atoms with E-state index in [1.165, 1.54) is 12.8 Å². The van der Waals surface area contributed by atoms with Crippen molar-refractivity contribution < 1.29 is 9.26 Å². The monoisotopic (exact) mass is 283 g/mol. The molecule has 1 aromatic heterocycles. The Morgan fingerprint density at radius 2 is 2.21 bits per heavy atom. The summed E-state index contributed by atoms with van der Waals surface area (Å²) in [5.74, 6) is 4.31. The summed E-state index contributed by atoms with van der Waals surface area (Å²) in [6.07, 6.45) is 4.61. The van der Waals surface area contributed by atoms with E-state index in [2.05, 4.69) is 15.5 Å². The molecule has 19 heavy (non-hydrogen) atoms. The highest BCUT2D eigenvalue weighted by Crippen LogP contribution is 2.25. The predicted molar refractivity (Wildman–Crippen MR) is 74.2 cm³/mol. The summed E-state index contributed by atoms with van der Waals surface area (Å²) in [5.41, 5.74) is 0. The highest BCUT2D eigenvalue weighted by Gasteiger charge is 2.22. The van der Waals surface area contributed by atoms with E-state index in [1.807, 2.05) is 11.8 Å². The summed E-state index contributed by atoms with van der Waals surface area (Å²) in [4.78, 5) is 4.49. The normalized spacial score (nSPS) is 25.6. The van der Waals surface area contributed by atoms with Gasteiger partial charge in [-0.25, -0.2) is 0 Å². The molecule has 2 fully saturated rings. The van der Waals surface area contributed by atoms with Crippen LogP contribution in [-0.4, -0.2) is 41.3 Å². The summed E-state index contributed by atoms with van der Waals surface area (Å²) < 4.78 is 11.0. The second-order valence-corrected chi connectivity index (χ2v) is 6.36. The van der Waals surface area contributed by atoms with E-state index in [9.17, 15) is 0 Å². The number of hydrogen-bond acceptors (Lipinski definition) is 6. The van der Waals surface area contributed by atoms with E-state index >= 15 is 0 Å². The quantitative estimate of drug-likeness (QED) is 0.909. The Labute approximate surface area is 117 Å². The lowest BCUT2D eigenvalue weighted by molar-refractivity contribution is 0.0677. The molecule has 2 aliphatic heterocycles. The summed E-state index contributed by atoms with van der Waals surface area (Å²) in [5, 5.41) is 7.46. The molecule has 0 saturated carbocycles. The summed E-state index contributed by atoms with van der Waals surface area (Å²) >= 11 is 1.89. The first-order valence-electron chi connectivity index (χ1n) is 7.14. The van der Waals surface area contributed by atoms with Gasteiger partial charge in [0.25, 0.3) is 0 Å². The van der Waals surface area contributed by atoms with Crippen molar-refractivity contribution >= 4 is 11.8 Å². The van der Waals surface area contributed by atoms with Crippen molar-refractivity contribution in [3.05, 3.63) is 11.7 Å². The van der Waals surface area contributed by atoms with Crippen molar-refractivity contribution in [2.45, 2.75) is 31.8 Å². The van der Waals surface area contributed by atoms with Gasteiger partial charge < -0.3 is 14.6 Å². The molecule has 0 bridgehead atoms. The van der Waals surface area contributed by atoms with Crippen LogP contribution in [0.1, 0.15) is 37.1 Å². The molecule has 0 aliphatic carbocycles. The number of nitrogens with one attached hydrogen (secondary N) is 1. The van der Waals surface area contributed by atoms with Gasteiger partial charge in [0.1, 0.15) is 6.10 Å². The van der Waals surface area contributed by atoms with Gasteiger partial charge in [-0.3, -0.25) is 0 Å². The molecule has 0 spiro atoms. The molecule has 1 aromatic rings. The number of aryl methyl sites for hydroxylation is 1. The average molecular weight is 283 g/mol. The predicted octanol–water partition coefficient (Wildman–Crippen LogP) is 1.81. The molecule has 106 valence electrons. The van der Waals surface area contributed by atoms with Gasteiger partial charge in [-0.1, -0.05) is 5.16 Å². The van der Waals surface area contributed by atoms with Gasteiger partial charge in [0.05, 0.1) is 6.61 Å². The van der Waals surface area contributed by atoms with Crippen LogP contribution in [0.4, 0.5) is 0 Å². The molecular weight excluding hydrogens is 262 g/mol. The Morgan fingerprint density at radius 3 is 3.00 bits per heavy atom. The fourth-order valence-electron chi connectivity index (χ4n) is 2.64. The van der Waals surface area contributed by atoms with Crippen LogP contribution in [-0.2, 0) is 11.2 Å². The average Bonchev–Trinajstić information content (AvgIpc) is 2.96. The van der Waals surface area contributed by atoms with E-state index in [-0.39, 0.29) is 6.10 Å². The van der Waals surface area contributed by atoms with Gasteiger partial charge in [-0.05, 0) is 38.3 Å². The van der Waals surface area contributed by atoms with Gasteiger partial charge in [0.15, 0.2) is 0 Å². The fourth-order valence-corrected chi connectivity index (χ4v) is 3.48. The first-order chi connectivity index (χ1) is 9.42. The molecular formula is C13H21N3O2S. The zero-order valence-corrected chi connectivity index (χ0v) is 12.0. The maximum absolute atomic E-state index is 5.66. The third-order valence-corrected chi connectivity index (χ3v) is 4.81. The second kappa shape index (κ2) is 6.72. The van der Waals surface area contributed by atoms with Crippen LogP contribution in [0.3, 0.4) is 0 Å². The van der Waals surface area contributed by atoms with Crippen LogP contribution < -0.4 is 5.32 Å². The Morgan fingerprint density at radius 1 is 1.32 bits per heavy atom. The van der Waals surface area contributed by atoms with Crippen LogP contribution in [0.2, 0.25) is 0 Å². The highest BCUT2D eigenvalue weighted by molar-refractivity contribution is 7.99. The minimum absolute atomic E-state index is 0.0233. The Kier molecular flexibility index (Phi) is 4.74. The molecule has 2 saturated heterocycles. The van der Waals surface area contributed by atoms with Crippen molar-refractivity contribution in [1.82, 2.24) is 15.5 Å². The third-order valence-electron chi connectivity index (χ3n) is 3.81. The van der Waals surface area contributed by atoms with Crippen LogP contribution in [0, 0.1) is 5.92 Å². The highest BCUT2D eigenvalue weighted by atomic mass is 32.2. The van der Waals surface area contributed by atoms with E-state index in [4.69, 9.17) is 9.26 Å². The lowest BCUT2D eigenvalue weighted by atomic mass is 9.93. The minimum atomic E-state index is 0.0233. The second-order valence-electron chi connectivity index (χ2n) is 5.21. The number of ether oxygens (including phenoxy) is 1. The minimum Gasteiger partial charge on any atom is -0.368 e. The van der Waals surface area contributed by atoms with Crippen LogP contribution >= 0.6 is 11.8 Å². The molecule has 1 atom stereocenters. The SMILES string of the molecule is C1CC(CCc2nc(C3CSCCO3)no2)CCN1. The summed E-state index contributed by atoms with van der Waals surface area (Å²) in [6, 6.07) is 0. The molecule has 0 radical (unpaired) electrons. The number of nitrogens with zero attached hydrogens (tertiary/aromatic N) is 2. The van der Waals surface area contributed by atoms with Crippen molar-refractivity contribution in [2.24, 2.45) is 5.92 Å². The standard InChI is InChI=1S/C13H21N3O2S/c1(10-3-5-14-6-4-10)2-12-15-13(16-18-12)11-9-19-8-7-17-11/h10-11,14H,1-9H2. The summed E-state index contributed by atoms with van der Waals surface area (Å²) in [6.45, 7) is 3.08.